The van der Waals surface area contributed by atoms with E-state index in [-0.39, 0.29) is 37.9 Å². The van der Waals surface area contributed by atoms with Crippen molar-refractivity contribution >= 4 is 41.4 Å². The third kappa shape index (κ3) is 5.03. The standard InChI is InChI=1S/C22H23ClN4O4/c1-26(22(31)25-16-7-3-6-15(23)11-16)12-14-5-2-8-17-18(14)13-27(21(17)30)19(20(24)29)9-4-10-28/h2-3,5-8,10-11,19H,4,9,12-13H2,1H3,(H2,24,29)(H,25,31). The lowest BCUT2D eigenvalue weighted by Crippen LogP contribution is -2.44. The Morgan fingerprint density at radius 3 is 2.71 bits per heavy atom. The number of aldehydes is 1. The highest BCUT2D eigenvalue weighted by Crippen LogP contribution is 2.29. The number of benzene rings is 2. The summed E-state index contributed by atoms with van der Waals surface area (Å²) in [4.78, 5) is 50.9. The molecule has 31 heavy (non-hydrogen) atoms. The number of nitrogens with two attached hydrogens (primary N) is 1. The number of hydrogen-bond acceptors (Lipinski definition) is 4. The zero-order chi connectivity index (χ0) is 22.5. The molecule has 2 aromatic carbocycles. The molecule has 0 spiro atoms. The van der Waals surface area contributed by atoms with Crippen molar-refractivity contribution in [2.24, 2.45) is 5.73 Å². The van der Waals surface area contributed by atoms with Gasteiger partial charge in [-0.05, 0) is 41.8 Å². The number of hydrogen-bond donors (Lipinski definition) is 2. The van der Waals surface area contributed by atoms with E-state index in [1.54, 1.807) is 43.4 Å². The average molecular weight is 443 g/mol. The zero-order valence-corrected chi connectivity index (χ0v) is 17.8. The minimum absolute atomic E-state index is 0.132. The topological polar surface area (TPSA) is 113 Å². The van der Waals surface area contributed by atoms with E-state index < -0.39 is 11.9 Å². The average Bonchev–Trinajstić information content (AvgIpc) is 3.05. The van der Waals surface area contributed by atoms with E-state index in [0.29, 0.717) is 22.6 Å². The molecule has 0 aromatic heterocycles. The van der Waals surface area contributed by atoms with Gasteiger partial charge in [0.25, 0.3) is 5.91 Å². The predicted octanol–water partition coefficient (Wildman–Crippen LogP) is 2.79. The number of urea groups is 1. The van der Waals surface area contributed by atoms with Gasteiger partial charge in [0.15, 0.2) is 0 Å². The molecule has 1 heterocycles. The number of nitrogens with one attached hydrogen (secondary N) is 1. The van der Waals surface area contributed by atoms with Gasteiger partial charge in [-0.1, -0.05) is 29.8 Å². The first-order valence-electron chi connectivity index (χ1n) is 9.74. The Labute approximate surface area is 184 Å². The van der Waals surface area contributed by atoms with Crippen LogP contribution in [-0.4, -0.2) is 47.0 Å². The SMILES string of the molecule is CN(Cc1cccc2c1CN(C(CCC=O)C(N)=O)C2=O)C(=O)Nc1cccc(Cl)c1. The molecule has 1 unspecified atom stereocenters. The van der Waals surface area contributed by atoms with E-state index in [2.05, 4.69) is 5.32 Å². The largest absolute Gasteiger partial charge is 0.368 e. The van der Waals surface area contributed by atoms with Gasteiger partial charge in [-0.2, -0.15) is 0 Å². The van der Waals surface area contributed by atoms with Crippen molar-refractivity contribution < 1.29 is 19.2 Å². The number of rotatable bonds is 8. The molecule has 9 heteroatoms. The number of primary amides is 1. The third-order valence-corrected chi connectivity index (χ3v) is 5.42. The van der Waals surface area contributed by atoms with Crippen LogP contribution in [0.2, 0.25) is 5.02 Å². The van der Waals surface area contributed by atoms with E-state index in [1.165, 1.54) is 9.80 Å². The summed E-state index contributed by atoms with van der Waals surface area (Å²) in [7, 11) is 1.64. The van der Waals surface area contributed by atoms with Gasteiger partial charge in [0.1, 0.15) is 12.3 Å². The lowest BCUT2D eigenvalue weighted by molar-refractivity contribution is -0.122. The summed E-state index contributed by atoms with van der Waals surface area (Å²) >= 11 is 5.95. The first kappa shape index (κ1) is 22.3. The Kier molecular flexibility index (Phi) is 6.91. The molecule has 0 saturated carbocycles. The molecule has 162 valence electrons. The minimum Gasteiger partial charge on any atom is -0.368 e. The molecule has 0 saturated heterocycles. The highest BCUT2D eigenvalue weighted by Gasteiger charge is 2.36. The molecule has 0 bridgehead atoms. The lowest BCUT2D eigenvalue weighted by Gasteiger charge is -2.24. The van der Waals surface area contributed by atoms with Gasteiger partial charge in [0.05, 0.1) is 0 Å². The van der Waals surface area contributed by atoms with Crippen LogP contribution >= 0.6 is 11.6 Å². The van der Waals surface area contributed by atoms with E-state index in [1.807, 2.05) is 6.07 Å². The second-order valence-corrected chi connectivity index (χ2v) is 7.77. The first-order valence-corrected chi connectivity index (χ1v) is 10.1. The second kappa shape index (κ2) is 9.61. The van der Waals surface area contributed by atoms with Crippen molar-refractivity contribution in [2.75, 3.05) is 12.4 Å². The van der Waals surface area contributed by atoms with Crippen LogP contribution in [0.25, 0.3) is 0 Å². The molecular weight excluding hydrogens is 420 g/mol. The van der Waals surface area contributed by atoms with Gasteiger partial charge in [0.2, 0.25) is 5.91 Å². The molecule has 3 rings (SSSR count). The Bertz CT molecular complexity index is 1030. The van der Waals surface area contributed by atoms with Crippen LogP contribution in [0.15, 0.2) is 42.5 Å². The van der Waals surface area contributed by atoms with Crippen LogP contribution in [0.5, 0.6) is 0 Å². The van der Waals surface area contributed by atoms with E-state index in [0.717, 1.165) is 11.1 Å². The van der Waals surface area contributed by atoms with Gasteiger partial charge >= 0.3 is 6.03 Å². The number of fused-ring (bicyclic) bond motifs is 1. The third-order valence-electron chi connectivity index (χ3n) is 5.19. The molecule has 3 N–H and O–H groups in total. The Morgan fingerprint density at radius 1 is 1.29 bits per heavy atom. The minimum atomic E-state index is -0.859. The van der Waals surface area contributed by atoms with Crippen LogP contribution in [0.4, 0.5) is 10.5 Å². The van der Waals surface area contributed by atoms with Crippen molar-refractivity contribution in [1.29, 1.82) is 0 Å². The number of carbonyl (C=O) groups excluding carboxylic acids is 4. The maximum Gasteiger partial charge on any atom is 0.321 e. The fourth-order valence-electron chi connectivity index (χ4n) is 3.61. The number of carbonyl (C=O) groups is 4. The van der Waals surface area contributed by atoms with Gasteiger partial charge in [-0.3, -0.25) is 9.59 Å². The van der Waals surface area contributed by atoms with Crippen LogP contribution in [0.3, 0.4) is 0 Å². The summed E-state index contributed by atoms with van der Waals surface area (Å²) < 4.78 is 0. The van der Waals surface area contributed by atoms with Gasteiger partial charge in [-0.25, -0.2) is 4.79 Å². The van der Waals surface area contributed by atoms with E-state index in [4.69, 9.17) is 17.3 Å². The van der Waals surface area contributed by atoms with Crippen LogP contribution < -0.4 is 11.1 Å². The van der Waals surface area contributed by atoms with E-state index >= 15 is 0 Å². The molecule has 1 aliphatic rings. The van der Waals surface area contributed by atoms with Gasteiger partial charge in [0, 0.05) is 42.8 Å². The number of anilines is 1. The summed E-state index contributed by atoms with van der Waals surface area (Å²) in [5, 5.41) is 3.29. The molecule has 1 aliphatic heterocycles. The zero-order valence-electron chi connectivity index (χ0n) is 17.0. The maximum absolute atomic E-state index is 12.9. The Balaban J connectivity index is 1.76. The fourth-order valence-corrected chi connectivity index (χ4v) is 3.80. The smallest absolute Gasteiger partial charge is 0.321 e. The first-order chi connectivity index (χ1) is 14.8. The van der Waals surface area contributed by atoms with Crippen LogP contribution in [0.1, 0.15) is 34.3 Å². The molecule has 2 aromatic rings. The molecule has 0 fully saturated rings. The summed E-state index contributed by atoms with van der Waals surface area (Å²) in [6, 6.07) is 10.9. The van der Waals surface area contributed by atoms with Crippen LogP contribution in [-0.2, 0) is 22.7 Å². The molecule has 8 nitrogen and oxygen atoms in total. The molecule has 0 radical (unpaired) electrons. The molecular formula is C22H23ClN4O4. The number of halogens is 1. The van der Waals surface area contributed by atoms with Crippen molar-refractivity contribution in [2.45, 2.75) is 32.0 Å². The Hall–Kier alpha value is -3.39. The lowest BCUT2D eigenvalue weighted by atomic mass is 10.0. The highest BCUT2D eigenvalue weighted by molar-refractivity contribution is 6.30. The Morgan fingerprint density at radius 2 is 2.03 bits per heavy atom. The summed E-state index contributed by atoms with van der Waals surface area (Å²) in [5.41, 5.74) is 8.05. The van der Waals surface area contributed by atoms with Crippen molar-refractivity contribution in [3.05, 3.63) is 64.2 Å². The van der Waals surface area contributed by atoms with Crippen molar-refractivity contribution in [3.63, 3.8) is 0 Å². The molecule has 0 aliphatic carbocycles. The summed E-state index contributed by atoms with van der Waals surface area (Å²) in [6.07, 6.45) is 1.01. The van der Waals surface area contributed by atoms with Gasteiger partial charge < -0.3 is 25.6 Å². The quantitative estimate of drug-likeness (QED) is 0.612. The second-order valence-electron chi connectivity index (χ2n) is 7.34. The summed E-state index contributed by atoms with van der Waals surface area (Å²) in [6.45, 7) is 0.451. The predicted molar refractivity (Wildman–Crippen MR) is 117 cm³/mol. The number of nitrogens with zero attached hydrogens (tertiary/aromatic N) is 2. The van der Waals surface area contributed by atoms with Crippen molar-refractivity contribution in [3.8, 4) is 0 Å². The summed E-state index contributed by atoms with van der Waals surface area (Å²) in [5.74, 6) is -0.958. The normalized spacial score (nSPS) is 13.5. The van der Waals surface area contributed by atoms with E-state index in [9.17, 15) is 19.2 Å². The van der Waals surface area contributed by atoms with Crippen LogP contribution in [0, 0.1) is 0 Å². The fraction of sp³-hybridized carbons (Fsp3) is 0.273. The molecule has 4 amide bonds. The monoisotopic (exact) mass is 442 g/mol. The van der Waals surface area contributed by atoms with Gasteiger partial charge in [-0.15, -0.1) is 0 Å². The molecule has 1 atom stereocenters. The number of amides is 4. The van der Waals surface area contributed by atoms with Crippen molar-refractivity contribution in [1.82, 2.24) is 9.80 Å². The maximum atomic E-state index is 12.9. The highest BCUT2D eigenvalue weighted by atomic mass is 35.5.